The molecule has 4 nitrogen and oxygen atoms in total. The van der Waals surface area contributed by atoms with E-state index >= 15 is 0 Å². The molecule has 0 aromatic carbocycles. The third kappa shape index (κ3) is 4.30. The predicted octanol–water partition coefficient (Wildman–Crippen LogP) is 0.332. The van der Waals surface area contributed by atoms with Crippen molar-refractivity contribution in [1.82, 2.24) is 4.90 Å². The molecule has 0 aromatic heterocycles. The Labute approximate surface area is 91.6 Å². The Morgan fingerprint density at radius 3 is 2.40 bits per heavy atom. The summed E-state index contributed by atoms with van der Waals surface area (Å²) in [6.45, 7) is 3.99. The van der Waals surface area contributed by atoms with Crippen LogP contribution >= 0.6 is 0 Å². The van der Waals surface area contributed by atoms with Gasteiger partial charge in [0.2, 0.25) is 0 Å². The van der Waals surface area contributed by atoms with Crippen LogP contribution in [-0.4, -0.2) is 50.7 Å². The second-order valence-corrected chi connectivity index (χ2v) is 6.52. The van der Waals surface area contributed by atoms with E-state index in [-0.39, 0.29) is 17.4 Å². The normalized spacial score (nSPS) is 20.3. The first-order valence-corrected chi connectivity index (χ1v) is 7.27. The summed E-state index contributed by atoms with van der Waals surface area (Å²) in [7, 11) is -2.85. The Morgan fingerprint density at radius 2 is 1.93 bits per heavy atom. The lowest BCUT2D eigenvalue weighted by molar-refractivity contribution is -0.112. The minimum absolute atomic E-state index is 0.184. The van der Waals surface area contributed by atoms with Crippen molar-refractivity contribution in [2.45, 2.75) is 19.8 Å². The van der Waals surface area contributed by atoms with Gasteiger partial charge in [-0.25, -0.2) is 8.42 Å². The molecule has 15 heavy (non-hydrogen) atoms. The zero-order valence-corrected chi connectivity index (χ0v) is 10.0. The Bertz CT molecular complexity index is 292. The number of rotatable bonds is 5. The summed E-state index contributed by atoms with van der Waals surface area (Å²) in [4.78, 5) is 12.6. The SMILES string of the molecule is CCS(=O)(=O)CCN1CCC(C=O)CC1. The first-order valence-electron chi connectivity index (χ1n) is 5.45. The fourth-order valence-electron chi connectivity index (χ4n) is 1.73. The molecule has 0 unspecified atom stereocenters. The average molecular weight is 233 g/mol. The molecule has 0 N–H and O–H groups in total. The number of carbonyl (C=O) groups is 1. The van der Waals surface area contributed by atoms with E-state index in [9.17, 15) is 13.2 Å². The lowest BCUT2D eigenvalue weighted by atomic mass is 9.99. The van der Waals surface area contributed by atoms with Gasteiger partial charge in [-0.05, 0) is 25.9 Å². The Balaban J connectivity index is 2.27. The minimum Gasteiger partial charge on any atom is -0.303 e. The van der Waals surface area contributed by atoms with Crippen LogP contribution in [0.15, 0.2) is 0 Å². The maximum atomic E-state index is 11.3. The van der Waals surface area contributed by atoms with E-state index in [0.29, 0.717) is 6.54 Å². The topological polar surface area (TPSA) is 54.5 Å². The van der Waals surface area contributed by atoms with E-state index in [0.717, 1.165) is 32.2 Å². The van der Waals surface area contributed by atoms with Gasteiger partial charge in [-0.1, -0.05) is 6.92 Å². The van der Waals surface area contributed by atoms with Crippen LogP contribution in [0.1, 0.15) is 19.8 Å². The third-order valence-corrected chi connectivity index (χ3v) is 4.67. The van der Waals surface area contributed by atoms with E-state index in [1.807, 2.05) is 0 Å². The Hall–Kier alpha value is -0.420. The van der Waals surface area contributed by atoms with E-state index in [1.165, 1.54) is 0 Å². The van der Waals surface area contributed by atoms with E-state index < -0.39 is 9.84 Å². The fourth-order valence-corrected chi connectivity index (χ4v) is 2.55. The highest BCUT2D eigenvalue weighted by Gasteiger charge is 2.19. The summed E-state index contributed by atoms with van der Waals surface area (Å²) in [5.41, 5.74) is 0. The second-order valence-electron chi connectivity index (χ2n) is 4.05. The Morgan fingerprint density at radius 1 is 1.33 bits per heavy atom. The molecule has 0 radical (unpaired) electrons. The number of hydrogen-bond donors (Lipinski definition) is 0. The van der Waals surface area contributed by atoms with E-state index in [1.54, 1.807) is 6.92 Å². The molecule has 1 rings (SSSR count). The van der Waals surface area contributed by atoms with Crippen molar-refractivity contribution >= 4 is 16.1 Å². The zero-order valence-electron chi connectivity index (χ0n) is 9.18. The molecule has 0 aliphatic carbocycles. The highest BCUT2D eigenvalue weighted by Crippen LogP contribution is 2.14. The summed E-state index contributed by atoms with van der Waals surface area (Å²) >= 11 is 0. The van der Waals surface area contributed by atoms with Gasteiger partial charge in [0, 0.05) is 18.2 Å². The van der Waals surface area contributed by atoms with Gasteiger partial charge < -0.3 is 9.69 Å². The molecule has 5 heteroatoms. The van der Waals surface area contributed by atoms with Crippen LogP contribution < -0.4 is 0 Å². The molecule has 0 aromatic rings. The van der Waals surface area contributed by atoms with Crippen LogP contribution in [0.2, 0.25) is 0 Å². The van der Waals surface area contributed by atoms with Crippen molar-refractivity contribution in [2.24, 2.45) is 5.92 Å². The van der Waals surface area contributed by atoms with Crippen LogP contribution in [0.4, 0.5) is 0 Å². The molecular formula is C10H19NO3S. The molecule has 0 amide bonds. The van der Waals surface area contributed by atoms with E-state index in [2.05, 4.69) is 4.90 Å². The van der Waals surface area contributed by atoms with Crippen LogP contribution in [0.5, 0.6) is 0 Å². The highest BCUT2D eigenvalue weighted by atomic mass is 32.2. The summed E-state index contributed by atoms with van der Waals surface area (Å²) in [6.07, 6.45) is 2.76. The van der Waals surface area contributed by atoms with Crippen molar-refractivity contribution in [1.29, 1.82) is 0 Å². The third-order valence-electron chi connectivity index (χ3n) is 2.98. The number of carbonyl (C=O) groups excluding carboxylic acids is 1. The van der Waals surface area contributed by atoms with Gasteiger partial charge >= 0.3 is 0 Å². The number of sulfone groups is 1. The van der Waals surface area contributed by atoms with E-state index in [4.69, 9.17) is 0 Å². The molecule has 1 fully saturated rings. The highest BCUT2D eigenvalue weighted by molar-refractivity contribution is 7.91. The predicted molar refractivity (Wildman–Crippen MR) is 59.6 cm³/mol. The lowest BCUT2D eigenvalue weighted by Gasteiger charge is -2.29. The van der Waals surface area contributed by atoms with Crippen molar-refractivity contribution < 1.29 is 13.2 Å². The van der Waals surface area contributed by atoms with Gasteiger partial charge in [0.1, 0.15) is 6.29 Å². The summed E-state index contributed by atoms with van der Waals surface area (Å²) in [5.74, 6) is 0.650. The summed E-state index contributed by atoms with van der Waals surface area (Å²) < 4.78 is 22.6. The number of piperidine rings is 1. The molecule has 0 saturated carbocycles. The van der Waals surface area contributed by atoms with Gasteiger partial charge in [-0.2, -0.15) is 0 Å². The van der Waals surface area contributed by atoms with Gasteiger partial charge in [0.15, 0.2) is 9.84 Å². The standard InChI is InChI=1S/C10H19NO3S/c1-2-15(13,14)8-7-11-5-3-10(9-12)4-6-11/h9-10H,2-8H2,1H3. The van der Waals surface area contributed by atoms with Gasteiger partial charge in [0.25, 0.3) is 0 Å². The van der Waals surface area contributed by atoms with Crippen molar-refractivity contribution in [3.63, 3.8) is 0 Å². The van der Waals surface area contributed by atoms with Gasteiger partial charge in [-0.15, -0.1) is 0 Å². The molecule has 0 bridgehead atoms. The molecule has 1 heterocycles. The van der Waals surface area contributed by atoms with Crippen molar-refractivity contribution in [3.05, 3.63) is 0 Å². The van der Waals surface area contributed by atoms with Gasteiger partial charge in [-0.3, -0.25) is 0 Å². The maximum Gasteiger partial charge on any atom is 0.151 e. The van der Waals surface area contributed by atoms with Crippen molar-refractivity contribution in [3.8, 4) is 0 Å². The number of hydrogen-bond acceptors (Lipinski definition) is 4. The molecular weight excluding hydrogens is 214 g/mol. The van der Waals surface area contributed by atoms with Crippen LogP contribution in [0.3, 0.4) is 0 Å². The van der Waals surface area contributed by atoms with Gasteiger partial charge in [0.05, 0.1) is 5.75 Å². The second kappa shape index (κ2) is 5.61. The number of aldehydes is 1. The van der Waals surface area contributed by atoms with Crippen LogP contribution in [0, 0.1) is 5.92 Å². The molecule has 0 atom stereocenters. The van der Waals surface area contributed by atoms with Crippen LogP contribution in [0.25, 0.3) is 0 Å². The summed E-state index contributed by atoms with van der Waals surface area (Å²) in [6, 6.07) is 0. The zero-order chi connectivity index (χ0) is 11.3. The molecule has 88 valence electrons. The first kappa shape index (κ1) is 12.6. The first-order chi connectivity index (χ1) is 7.07. The monoisotopic (exact) mass is 233 g/mol. The molecule has 1 aliphatic rings. The number of likely N-dealkylation sites (tertiary alicyclic amines) is 1. The lowest BCUT2D eigenvalue weighted by Crippen LogP contribution is -2.37. The smallest absolute Gasteiger partial charge is 0.151 e. The molecule has 1 aliphatic heterocycles. The fraction of sp³-hybridized carbons (Fsp3) is 0.900. The summed E-state index contributed by atoms with van der Waals surface area (Å²) in [5, 5.41) is 0. The minimum atomic E-state index is -2.85. The average Bonchev–Trinajstić information content (AvgIpc) is 2.27. The van der Waals surface area contributed by atoms with Crippen molar-refractivity contribution in [2.75, 3.05) is 31.1 Å². The largest absolute Gasteiger partial charge is 0.303 e. The quantitative estimate of drug-likeness (QED) is 0.642. The van der Waals surface area contributed by atoms with Crippen LogP contribution in [-0.2, 0) is 14.6 Å². The Kier molecular flexibility index (Phi) is 4.73. The molecule has 0 spiro atoms. The molecule has 1 saturated heterocycles. The number of nitrogens with zero attached hydrogens (tertiary/aromatic N) is 1. The maximum absolute atomic E-state index is 11.3.